The van der Waals surface area contributed by atoms with Crippen molar-refractivity contribution >= 4 is 11.8 Å². The van der Waals surface area contributed by atoms with Gasteiger partial charge in [0.05, 0.1) is 5.25 Å². The first-order chi connectivity index (χ1) is 7.70. The molecular weight excluding hydrogens is 224 g/mol. The van der Waals surface area contributed by atoms with Gasteiger partial charge in [-0.25, -0.2) is 4.98 Å². The van der Waals surface area contributed by atoms with E-state index in [1.165, 1.54) is 0 Å². The van der Waals surface area contributed by atoms with E-state index in [1.807, 2.05) is 31.7 Å². The molecule has 16 heavy (non-hydrogen) atoms. The number of aryl methyl sites for hydroxylation is 2. The first kappa shape index (κ1) is 11.2. The summed E-state index contributed by atoms with van der Waals surface area (Å²) in [6, 6.07) is 0. The van der Waals surface area contributed by atoms with E-state index in [4.69, 9.17) is 4.52 Å². The molecule has 0 saturated carbocycles. The second-order valence-electron chi connectivity index (χ2n) is 3.48. The van der Waals surface area contributed by atoms with Gasteiger partial charge in [-0.05, 0) is 6.92 Å². The molecule has 0 aromatic carbocycles. The van der Waals surface area contributed by atoms with Gasteiger partial charge in [-0.15, -0.1) is 0 Å². The summed E-state index contributed by atoms with van der Waals surface area (Å²) in [5, 5.41) is 4.95. The number of rotatable bonds is 4. The molecule has 0 amide bonds. The van der Waals surface area contributed by atoms with Crippen LogP contribution in [0.15, 0.2) is 22.1 Å². The molecular formula is C10H14N4OS. The minimum Gasteiger partial charge on any atom is -0.338 e. The topological polar surface area (TPSA) is 56.7 Å². The monoisotopic (exact) mass is 238 g/mol. The van der Waals surface area contributed by atoms with Crippen LogP contribution in [0.4, 0.5) is 0 Å². The second kappa shape index (κ2) is 4.69. The molecule has 1 unspecified atom stereocenters. The van der Waals surface area contributed by atoms with Crippen molar-refractivity contribution < 1.29 is 4.52 Å². The molecule has 0 aliphatic carbocycles. The van der Waals surface area contributed by atoms with E-state index < -0.39 is 0 Å². The zero-order valence-corrected chi connectivity index (χ0v) is 10.4. The molecule has 5 nitrogen and oxygen atoms in total. The van der Waals surface area contributed by atoms with Gasteiger partial charge in [0.25, 0.3) is 0 Å². The number of aromatic nitrogens is 4. The van der Waals surface area contributed by atoms with Crippen molar-refractivity contribution in [2.45, 2.75) is 30.7 Å². The van der Waals surface area contributed by atoms with E-state index in [1.54, 1.807) is 18.0 Å². The Morgan fingerprint density at radius 1 is 1.56 bits per heavy atom. The molecule has 0 spiro atoms. The van der Waals surface area contributed by atoms with Crippen molar-refractivity contribution in [3.05, 3.63) is 24.1 Å². The molecule has 86 valence electrons. The summed E-state index contributed by atoms with van der Waals surface area (Å²) >= 11 is 1.61. The Bertz CT molecular complexity index is 465. The van der Waals surface area contributed by atoms with E-state index in [-0.39, 0.29) is 5.25 Å². The van der Waals surface area contributed by atoms with Crippen molar-refractivity contribution in [3.63, 3.8) is 0 Å². The molecule has 0 saturated heterocycles. The van der Waals surface area contributed by atoms with Gasteiger partial charge in [0, 0.05) is 25.9 Å². The maximum Gasteiger partial charge on any atom is 0.239 e. The Balaban J connectivity index is 2.08. The Hall–Kier alpha value is -1.30. The molecule has 0 N–H and O–H groups in total. The van der Waals surface area contributed by atoms with Gasteiger partial charge >= 0.3 is 0 Å². The molecule has 0 aliphatic heterocycles. The highest BCUT2D eigenvalue weighted by molar-refractivity contribution is 7.99. The fourth-order valence-corrected chi connectivity index (χ4v) is 2.11. The Morgan fingerprint density at radius 2 is 2.38 bits per heavy atom. The highest BCUT2D eigenvalue weighted by atomic mass is 32.2. The summed E-state index contributed by atoms with van der Waals surface area (Å²) < 4.78 is 7.16. The third-order valence-corrected chi connectivity index (χ3v) is 3.37. The van der Waals surface area contributed by atoms with Crippen molar-refractivity contribution in [1.82, 2.24) is 19.7 Å². The van der Waals surface area contributed by atoms with Crippen LogP contribution in [0.25, 0.3) is 0 Å². The fraction of sp³-hybridized carbons (Fsp3) is 0.500. The van der Waals surface area contributed by atoms with Crippen molar-refractivity contribution in [2.24, 2.45) is 7.05 Å². The first-order valence-electron chi connectivity index (χ1n) is 5.17. The van der Waals surface area contributed by atoms with Gasteiger partial charge in [-0.1, -0.05) is 23.8 Å². The largest absolute Gasteiger partial charge is 0.338 e. The minimum atomic E-state index is 0.119. The fourth-order valence-electron chi connectivity index (χ4n) is 1.25. The maximum absolute atomic E-state index is 5.19. The van der Waals surface area contributed by atoms with Gasteiger partial charge in [-0.3, -0.25) is 0 Å². The third kappa shape index (κ3) is 2.27. The van der Waals surface area contributed by atoms with Gasteiger partial charge in [0.2, 0.25) is 5.89 Å². The van der Waals surface area contributed by atoms with Crippen molar-refractivity contribution in [2.75, 3.05) is 0 Å². The lowest BCUT2D eigenvalue weighted by Crippen LogP contribution is -1.94. The summed E-state index contributed by atoms with van der Waals surface area (Å²) in [6.07, 6.45) is 4.49. The molecule has 0 radical (unpaired) electrons. The molecule has 1 atom stereocenters. The summed E-state index contributed by atoms with van der Waals surface area (Å²) in [7, 11) is 1.97. The normalized spacial score (nSPS) is 12.9. The molecule has 2 heterocycles. The van der Waals surface area contributed by atoms with Gasteiger partial charge < -0.3 is 9.09 Å². The zero-order valence-electron chi connectivity index (χ0n) is 9.54. The third-order valence-electron chi connectivity index (χ3n) is 2.21. The summed E-state index contributed by atoms with van der Waals surface area (Å²) in [4.78, 5) is 8.55. The van der Waals surface area contributed by atoms with Gasteiger partial charge in [-0.2, -0.15) is 4.98 Å². The smallest absolute Gasteiger partial charge is 0.239 e. The van der Waals surface area contributed by atoms with Crippen LogP contribution in [0.1, 0.15) is 30.8 Å². The van der Waals surface area contributed by atoms with Crippen LogP contribution in [-0.4, -0.2) is 19.7 Å². The number of hydrogen-bond donors (Lipinski definition) is 0. The highest BCUT2D eigenvalue weighted by Crippen LogP contribution is 2.32. The first-order valence-corrected chi connectivity index (χ1v) is 6.05. The quantitative estimate of drug-likeness (QED) is 0.764. The molecule has 0 fully saturated rings. The second-order valence-corrected chi connectivity index (χ2v) is 4.79. The summed E-state index contributed by atoms with van der Waals surface area (Å²) in [6.45, 7) is 4.04. The lowest BCUT2D eigenvalue weighted by Gasteiger charge is -2.05. The Kier molecular flexibility index (Phi) is 3.28. The van der Waals surface area contributed by atoms with E-state index >= 15 is 0 Å². The van der Waals surface area contributed by atoms with Crippen LogP contribution < -0.4 is 0 Å². The number of nitrogens with zero attached hydrogens (tertiary/aromatic N) is 4. The average molecular weight is 238 g/mol. The van der Waals surface area contributed by atoms with Crippen LogP contribution in [0.3, 0.4) is 0 Å². The van der Waals surface area contributed by atoms with Crippen LogP contribution in [-0.2, 0) is 13.5 Å². The zero-order chi connectivity index (χ0) is 11.5. The predicted octanol–water partition coefficient (Wildman–Crippen LogP) is 2.22. The Labute approximate surface area is 98.3 Å². The molecule has 0 aliphatic rings. The highest BCUT2D eigenvalue weighted by Gasteiger charge is 2.16. The van der Waals surface area contributed by atoms with Crippen LogP contribution in [0, 0.1) is 0 Å². The van der Waals surface area contributed by atoms with E-state index in [9.17, 15) is 0 Å². The van der Waals surface area contributed by atoms with E-state index in [0.717, 1.165) is 17.4 Å². The molecule has 6 heteroatoms. The Morgan fingerprint density at radius 3 is 2.94 bits per heavy atom. The van der Waals surface area contributed by atoms with E-state index in [2.05, 4.69) is 15.1 Å². The average Bonchev–Trinajstić information content (AvgIpc) is 2.88. The number of imidazole rings is 1. The van der Waals surface area contributed by atoms with Crippen LogP contribution in [0.2, 0.25) is 0 Å². The minimum absolute atomic E-state index is 0.119. The van der Waals surface area contributed by atoms with Gasteiger partial charge in [0.1, 0.15) is 0 Å². The maximum atomic E-state index is 5.19. The molecule has 2 aromatic rings. The van der Waals surface area contributed by atoms with Gasteiger partial charge in [0.15, 0.2) is 11.0 Å². The van der Waals surface area contributed by atoms with Crippen LogP contribution >= 0.6 is 11.8 Å². The predicted molar refractivity (Wildman–Crippen MR) is 61.2 cm³/mol. The molecule has 2 rings (SSSR count). The number of thioether (sulfide) groups is 1. The molecule has 2 aromatic heterocycles. The van der Waals surface area contributed by atoms with E-state index in [0.29, 0.717) is 5.89 Å². The summed E-state index contributed by atoms with van der Waals surface area (Å²) in [5.41, 5.74) is 0. The SMILES string of the molecule is CCc1noc(C(C)Sc2nccn2C)n1. The standard InChI is InChI=1S/C10H14N4OS/c1-4-8-12-9(15-13-8)7(2)16-10-11-5-6-14(10)3/h5-7H,4H2,1-3H3. The lowest BCUT2D eigenvalue weighted by molar-refractivity contribution is 0.375. The summed E-state index contributed by atoms with van der Waals surface area (Å²) in [5.74, 6) is 1.41. The lowest BCUT2D eigenvalue weighted by atomic mass is 10.4. The molecule has 0 bridgehead atoms. The van der Waals surface area contributed by atoms with Crippen molar-refractivity contribution in [1.29, 1.82) is 0 Å². The number of hydrogen-bond acceptors (Lipinski definition) is 5. The van der Waals surface area contributed by atoms with Crippen LogP contribution in [0.5, 0.6) is 0 Å². The van der Waals surface area contributed by atoms with Crippen molar-refractivity contribution in [3.8, 4) is 0 Å².